The van der Waals surface area contributed by atoms with Gasteiger partial charge in [-0.2, -0.15) is 5.10 Å². The first kappa shape index (κ1) is 14.8. The van der Waals surface area contributed by atoms with Crippen LogP contribution in [-0.2, 0) is 6.61 Å². The highest BCUT2D eigenvalue weighted by Gasteiger charge is 2.12. The predicted octanol–water partition coefficient (Wildman–Crippen LogP) is 2.14. The van der Waals surface area contributed by atoms with E-state index in [0.717, 1.165) is 0 Å². The number of methoxy groups -OCH3 is 1. The van der Waals surface area contributed by atoms with Crippen molar-refractivity contribution in [2.45, 2.75) is 26.5 Å². The monoisotopic (exact) mass is 291 g/mol. The van der Waals surface area contributed by atoms with Gasteiger partial charge in [0.25, 0.3) is 0 Å². The van der Waals surface area contributed by atoms with Crippen molar-refractivity contribution in [2.75, 3.05) is 7.11 Å². The van der Waals surface area contributed by atoms with Crippen LogP contribution in [0.25, 0.3) is 0 Å². The Balaban J connectivity index is 2.16. The summed E-state index contributed by atoms with van der Waals surface area (Å²) < 4.78 is 12.6. The molecule has 0 radical (unpaired) electrons. The summed E-state index contributed by atoms with van der Waals surface area (Å²) in [6, 6.07) is 4.64. The summed E-state index contributed by atoms with van der Waals surface area (Å²) in [6.45, 7) is 4.22. The molecule has 0 aliphatic carbocycles. The van der Waals surface area contributed by atoms with Crippen LogP contribution in [0.5, 0.6) is 11.5 Å². The molecular weight excluding hydrogens is 274 g/mol. The number of carboxylic acid groups (broad SMARTS) is 1. The topological polar surface area (TPSA) is 86.5 Å². The van der Waals surface area contributed by atoms with E-state index in [4.69, 9.17) is 14.6 Å². The number of aromatic nitrogens is 3. The SMILES string of the molecule is COc1cc(C(=O)O)ccc1OCc1ncnn1C(C)C. The maximum absolute atomic E-state index is 10.9. The maximum Gasteiger partial charge on any atom is 0.335 e. The third-order valence-electron chi connectivity index (χ3n) is 2.90. The fourth-order valence-electron chi connectivity index (χ4n) is 1.87. The highest BCUT2D eigenvalue weighted by atomic mass is 16.5. The number of hydrogen-bond acceptors (Lipinski definition) is 5. The van der Waals surface area contributed by atoms with E-state index < -0.39 is 5.97 Å². The smallest absolute Gasteiger partial charge is 0.335 e. The lowest BCUT2D eigenvalue weighted by Gasteiger charge is -2.13. The van der Waals surface area contributed by atoms with E-state index in [0.29, 0.717) is 17.3 Å². The molecule has 1 aromatic heterocycles. The average molecular weight is 291 g/mol. The second-order valence-corrected chi connectivity index (χ2v) is 4.67. The summed E-state index contributed by atoms with van der Waals surface area (Å²) in [5.74, 6) is 0.500. The minimum absolute atomic E-state index is 0.143. The van der Waals surface area contributed by atoms with Crippen LogP contribution in [-0.4, -0.2) is 33.0 Å². The van der Waals surface area contributed by atoms with E-state index in [1.807, 2.05) is 13.8 Å². The van der Waals surface area contributed by atoms with Gasteiger partial charge in [-0.3, -0.25) is 0 Å². The summed E-state index contributed by atoms with van der Waals surface area (Å²) in [4.78, 5) is 15.1. The number of benzene rings is 1. The highest BCUT2D eigenvalue weighted by Crippen LogP contribution is 2.28. The lowest BCUT2D eigenvalue weighted by Crippen LogP contribution is -2.11. The molecule has 21 heavy (non-hydrogen) atoms. The summed E-state index contributed by atoms with van der Waals surface area (Å²) >= 11 is 0. The third-order valence-corrected chi connectivity index (χ3v) is 2.90. The molecule has 2 aromatic rings. The Morgan fingerprint density at radius 3 is 2.76 bits per heavy atom. The summed E-state index contributed by atoms with van der Waals surface area (Å²) in [7, 11) is 1.46. The summed E-state index contributed by atoms with van der Waals surface area (Å²) in [5.41, 5.74) is 0.143. The molecule has 2 rings (SSSR count). The van der Waals surface area contributed by atoms with Crippen LogP contribution in [0, 0.1) is 0 Å². The van der Waals surface area contributed by atoms with Gasteiger partial charge in [-0.15, -0.1) is 0 Å². The van der Waals surface area contributed by atoms with Crippen LogP contribution >= 0.6 is 0 Å². The zero-order chi connectivity index (χ0) is 15.4. The summed E-state index contributed by atoms with van der Waals surface area (Å²) in [6.07, 6.45) is 1.48. The standard InChI is InChI=1S/C14H17N3O4/c1-9(2)17-13(15-8-16-17)7-21-11-5-4-10(14(18)19)6-12(11)20-3/h4-6,8-9H,7H2,1-3H3,(H,18,19). The zero-order valence-electron chi connectivity index (χ0n) is 12.1. The van der Waals surface area contributed by atoms with Gasteiger partial charge in [-0.25, -0.2) is 14.5 Å². The largest absolute Gasteiger partial charge is 0.493 e. The van der Waals surface area contributed by atoms with E-state index in [9.17, 15) is 4.79 Å². The predicted molar refractivity (Wildman–Crippen MR) is 74.7 cm³/mol. The van der Waals surface area contributed by atoms with Gasteiger partial charge in [0, 0.05) is 6.04 Å². The Morgan fingerprint density at radius 2 is 2.14 bits per heavy atom. The minimum atomic E-state index is -1.01. The van der Waals surface area contributed by atoms with Gasteiger partial charge >= 0.3 is 5.97 Å². The number of nitrogens with zero attached hydrogens (tertiary/aromatic N) is 3. The van der Waals surface area contributed by atoms with Crippen molar-refractivity contribution in [1.29, 1.82) is 0 Å². The number of aromatic carboxylic acids is 1. The van der Waals surface area contributed by atoms with Crippen molar-refractivity contribution in [3.63, 3.8) is 0 Å². The van der Waals surface area contributed by atoms with E-state index in [1.165, 1.54) is 25.6 Å². The van der Waals surface area contributed by atoms with Crippen molar-refractivity contribution < 1.29 is 19.4 Å². The quantitative estimate of drug-likeness (QED) is 0.877. The van der Waals surface area contributed by atoms with E-state index in [2.05, 4.69) is 10.1 Å². The van der Waals surface area contributed by atoms with Crippen LogP contribution < -0.4 is 9.47 Å². The van der Waals surface area contributed by atoms with Crippen molar-refractivity contribution in [2.24, 2.45) is 0 Å². The Bertz CT molecular complexity index is 637. The van der Waals surface area contributed by atoms with Gasteiger partial charge < -0.3 is 14.6 Å². The molecule has 0 saturated heterocycles. The van der Waals surface area contributed by atoms with Gasteiger partial charge in [0.15, 0.2) is 17.3 Å². The molecule has 112 valence electrons. The fourth-order valence-corrected chi connectivity index (χ4v) is 1.87. The number of rotatable bonds is 6. The molecule has 0 aliphatic rings. The van der Waals surface area contributed by atoms with Crippen LogP contribution in [0.3, 0.4) is 0 Å². The molecule has 0 amide bonds. The normalized spacial score (nSPS) is 10.7. The first-order valence-corrected chi connectivity index (χ1v) is 6.45. The van der Waals surface area contributed by atoms with Gasteiger partial charge in [-0.05, 0) is 32.0 Å². The second-order valence-electron chi connectivity index (χ2n) is 4.67. The molecule has 7 heteroatoms. The van der Waals surface area contributed by atoms with Gasteiger partial charge in [0.2, 0.25) is 0 Å². The Morgan fingerprint density at radius 1 is 1.38 bits per heavy atom. The molecule has 1 aromatic carbocycles. The van der Waals surface area contributed by atoms with E-state index >= 15 is 0 Å². The third kappa shape index (κ3) is 3.31. The molecule has 7 nitrogen and oxygen atoms in total. The highest BCUT2D eigenvalue weighted by molar-refractivity contribution is 5.88. The van der Waals surface area contributed by atoms with Gasteiger partial charge in [0.05, 0.1) is 12.7 Å². The molecular formula is C14H17N3O4. The van der Waals surface area contributed by atoms with E-state index in [1.54, 1.807) is 10.7 Å². The van der Waals surface area contributed by atoms with Crippen LogP contribution in [0.15, 0.2) is 24.5 Å². The Hall–Kier alpha value is -2.57. The average Bonchev–Trinajstić information content (AvgIpc) is 2.93. The van der Waals surface area contributed by atoms with E-state index in [-0.39, 0.29) is 18.2 Å². The lowest BCUT2D eigenvalue weighted by molar-refractivity contribution is 0.0696. The van der Waals surface area contributed by atoms with Crippen molar-refractivity contribution in [1.82, 2.24) is 14.8 Å². The number of carboxylic acids is 1. The van der Waals surface area contributed by atoms with Gasteiger partial charge in [-0.1, -0.05) is 0 Å². The van der Waals surface area contributed by atoms with Crippen molar-refractivity contribution >= 4 is 5.97 Å². The number of hydrogen-bond donors (Lipinski definition) is 1. The van der Waals surface area contributed by atoms with Crippen LogP contribution in [0.2, 0.25) is 0 Å². The van der Waals surface area contributed by atoms with Crippen molar-refractivity contribution in [3.05, 3.63) is 35.9 Å². The first-order valence-electron chi connectivity index (χ1n) is 6.45. The Kier molecular flexibility index (Phi) is 4.42. The first-order chi connectivity index (χ1) is 10.0. The number of ether oxygens (including phenoxy) is 2. The van der Waals surface area contributed by atoms with Crippen LogP contribution in [0.4, 0.5) is 0 Å². The van der Waals surface area contributed by atoms with Crippen molar-refractivity contribution in [3.8, 4) is 11.5 Å². The molecule has 0 bridgehead atoms. The maximum atomic E-state index is 10.9. The van der Waals surface area contributed by atoms with Crippen LogP contribution in [0.1, 0.15) is 36.1 Å². The Labute approximate surface area is 122 Å². The molecule has 1 N–H and O–H groups in total. The molecule has 0 fully saturated rings. The lowest BCUT2D eigenvalue weighted by atomic mass is 10.2. The summed E-state index contributed by atoms with van der Waals surface area (Å²) in [5, 5.41) is 13.1. The molecule has 0 aliphatic heterocycles. The van der Waals surface area contributed by atoms with Gasteiger partial charge in [0.1, 0.15) is 12.9 Å². The zero-order valence-corrected chi connectivity index (χ0v) is 12.1. The minimum Gasteiger partial charge on any atom is -0.493 e. The molecule has 1 heterocycles. The molecule has 0 saturated carbocycles. The molecule has 0 unspecified atom stereocenters. The molecule has 0 atom stereocenters. The second kappa shape index (κ2) is 6.25. The molecule has 0 spiro atoms. The number of carbonyl (C=O) groups is 1. The fraction of sp³-hybridized carbons (Fsp3) is 0.357.